The van der Waals surface area contributed by atoms with Crippen molar-refractivity contribution in [1.82, 2.24) is 0 Å². The van der Waals surface area contributed by atoms with Gasteiger partial charge >= 0.3 is 0 Å². The summed E-state index contributed by atoms with van der Waals surface area (Å²) in [5.74, 6) is 1.49. The minimum absolute atomic E-state index is 0.0105. The van der Waals surface area contributed by atoms with Gasteiger partial charge in [-0.3, -0.25) is 0 Å². The molecule has 0 bridgehead atoms. The lowest BCUT2D eigenvalue weighted by Gasteiger charge is -2.14. The van der Waals surface area contributed by atoms with Crippen LogP contribution in [-0.4, -0.2) is 6.61 Å². The molecule has 1 aromatic rings. The van der Waals surface area contributed by atoms with Crippen LogP contribution in [-0.2, 0) is 0 Å². The van der Waals surface area contributed by atoms with Gasteiger partial charge in [-0.1, -0.05) is 30.5 Å². The van der Waals surface area contributed by atoms with Gasteiger partial charge < -0.3 is 10.5 Å². The molecule has 3 heteroatoms. The first-order valence-corrected chi connectivity index (χ1v) is 6.72. The summed E-state index contributed by atoms with van der Waals surface area (Å²) in [6, 6.07) is 5.82. The van der Waals surface area contributed by atoms with Crippen molar-refractivity contribution >= 4 is 11.6 Å². The molecule has 0 spiro atoms. The first kappa shape index (κ1) is 12.7. The molecule has 1 atom stereocenters. The highest BCUT2D eigenvalue weighted by atomic mass is 35.5. The van der Waals surface area contributed by atoms with E-state index in [9.17, 15) is 0 Å². The molecule has 1 fully saturated rings. The van der Waals surface area contributed by atoms with E-state index in [1.165, 1.54) is 25.7 Å². The number of benzene rings is 1. The Labute approximate surface area is 108 Å². The minimum atomic E-state index is 0.0105. The van der Waals surface area contributed by atoms with Crippen LogP contribution in [0.4, 0.5) is 0 Å². The van der Waals surface area contributed by atoms with Crippen LogP contribution in [0.25, 0.3) is 0 Å². The zero-order valence-electron chi connectivity index (χ0n) is 10.3. The van der Waals surface area contributed by atoms with Crippen molar-refractivity contribution in [3.05, 3.63) is 28.8 Å². The van der Waals surface area contributed by atoms with E-state index in [4.69, 9.17) is 22.1 Å². The summed E-state index contributed by atoms with van der Waals surface area (Å²) in [4.78, 5) is 0. The molecule has 1 aliphatic rings. The normalized spacial score (nSPS) is 18.3. The number of hydrogen-bond acceptors (Lipinski definition) is 2. The van der Waals surface area contributed by atoms with Crippen molar-refractivity contribution in [2.75, 3.05) is 6.61 Å². The molecule has 17 heavy (non-hydrogen) atoms. The van der Waals surface area contributed by atoms with Crippen molar-refractivity contribution in [2.24, 2.45) is 11.7 Å². The molecule has 0 amide bonds. The molecule has 2 rings (SSSR count). The third kappa shape index (κ3) is 3.36. The van der Waals surface area contributed by atoms with Gasteiger partial charge in [-0.2, -0.15) is 0 Å². The number of ether oxygens (including phenoxy) is 1. The Bertz CT molecular complexity index is 372. The second kappa shape index (κ2) is 5.74. The average molecular weight is 254 g/mol. The molecule has 0 saturated heterocycles. The summed E-state index contributed by atoms with van der Waals surface area (Å²) in [6.45, 7) is 2.74. The number of nitrogens with two attached hydrogens (primary N) is 1. The molecule has 0 aliphatic heterocycles. The van der Waals surface area contributed by atoms with Crippen LogP contribution in [0.15, 0.2) is 18.2 Å². The maximum absolute atomic E-state index is 6.18. The smallest absolute Gasteiger partial charge is 0.137 e. The van der Waals surface area contributed by atoms with Crippen LogP contribution in [0.3, 0.4) is 0 Å². The molecule has 2 N–H and O–H groups in total. The minimum Gasteiger partial charge on any atom is -0.492 e. The number of rotatable bonds is 4. The van der Waals surface area contributed by atoms with Gasteiger partial charge in [0.15, 0.2) is 0 Å². The predicted molar refractivity (Wildman–Crippen MR) is 71.5 cm³/mol. The van der Waals surface area contributed by atoms with E-state index in [2.05, 4.69) is 0 Å². The molecular formula is C14H20ClNO. The van der Waals surface area contributed by atoms with E-state index in [0.29, 0.717) is 10.9 Å². The van der Waals surface area contributed by atoms with E-state index in [1.807, 2.05) is 25.1 Å². The molecule has 1 aliphatic carbocycles. The van der Waals surface area contributed by atoms with E-state index in [1.54, 1.807) is 0 Å². The molecule has 0 unspecified atom stereocenters. The highest BCUT2D eigenvalue weighted by Crippen LogP contribution is 2.30. The highest BCUT2D eigenvalue weighted by molar-refractivity contribution is 6.32. The first-order valence-electron chi connectivity index (χ1n) is 6.34. The fourth-order valence-electron chi connectivity index (χ4n) is 2.30. The molecular weight excluding hydrogens is 234 g/mol. The standard InChI is InChI=1S/C14H20ClNO/c1-10(16)12-6-7-14(13(15)8-12)17-9-11-4-2-3-5-11/h6-8,10-11H,2-5,9,16H2,1H3/t10-/m1/s1. The lowest BCUT2D eigenvalue weighted by atomic mass is 10.1. The quantitative estimate of drug-likeness (QED) is 0.883. The molecule has 1 aromatic carbocycles. The average Bonchev–Trinajstić information content (AvgIpc) is 2.80. The van der Waals surface area contributed by atoms with Crippen molar-refractivity contribution in [3.63, 3.8) is 0 Å². The largest absolute Gasteiger partial charge is 0.492 e. The lowest BCUT2D eigenvalue weighted by Crippen LogP contribution is -2.09. The predicted octanol–water partition coefficient (Wildman–Crippen LogP) is 3.93. The molecule has 94 valence electrons. The lowest BCUT2D eigenvalue weighted by molar-refractivity contribution is 0.252. The summed E-state index contributed by atoms with van der Waals surface area (Å²) < 4.78 is 5.78. The van der Waals surface area contributed by atoms with Gasteiger partial charge in [0.1, 0.15) is 5.75 Å². The van der Waals surface area contributed by atoms with E-state index in [0.717, 1.165) is 17.9 Å². The van der Waals surface area contributed by atoms with Crippen molar-refractivity contribution in [1.29, 1.82) is 0 Å². The van der Waals surface area contributed by atoms with E-state index in [-0.39, 0.29) is 6.04 Å². The van der Waals surface area contributed by atoms with Crippen LogP contribution in [0, 0.1) is 5.92 Å². The van der Waals surface area contributed by atoms with Gasteiger partial charge in [0.05, 0.1) is 11.6 Å². The van der Waals surface area contributed by atoms with Crippen molar-refractivity contribution < 1.29 is 4.74 Å². The molecule has 2 nitrogen and oxygen atoms in total. The number of hydrogen-bond donors (Lipinski definition) is 1. The van der Waals surface area contributed by atoms with Gasteiger partial charge in [0.25, 0.3) is 0 Å². The molecule has 1 saturated carbocycles. The Morgan fingerprint density at radius 1 is 1.41 bits per heavy atom. The Morgan fingerprint density at radius 2 is 2.12 bits per heavy atom. The topological polar surface area (TPSA) is 35.2 Å². The maximum Gasteiger partial charge on any atom is 0.137 e. The summed E-state index contributed by atoms with van der Waals surface area (Å²) in [6.07, 6.45) is 5.25. The zero-order chi connectivity index (χ0) is 12.3. The first-order chi connectivity index (χ1) is 8.16. The summed E-state index contributed by atoms with van der Waals surface area (Å²) >= 11 is 6.18. The third-order valence-electron chi connectivity index (χ3n) is 3.43. The van der Waals surface area contributed by atoms with Crippen LogP contribution >= 0.6 is 11.6 Å². The van der Waals surface area contributed by atoms with Gasteiger partial charge in [-0.15, -0.1) is 0 Å². The molecule has 0 aromatic heterocycles. The Hall–Kier alpha value is -0.730. The summed E-state index contributed by atoms with van der Waals surface area (Å²) in [5.41, 5.74) is 6.85. The van der Waals surface area contributed by atoms with Gasteiger partial charge in [0, 0.05) is 6.04 Å². The van der Waals surface area contributed by atoms with Crippen LogP contribution < -0.4 is 10.5 Å². The second-order valence-electron chi connectivity index (χ2n) is 4.94. The van der Waals surface area contributed by atoms with Crippen LogP contribution in [0.1, 0.15) is 44.2 Å². The van der Waals surface area contributed by atoms with E-state index < -0.39 is 0 Å². The third-order valence-corrected chi connectivity index (χ3v) is 3.73. The summed E-state index contributed by atoms with van der Waals surface area (Å²) in [5, 5.41) is 0.665. The maximum atomic E-state index is 6.18. The Balaban J connectivity index is 1.96. The Morgan fingerprint density at radius 3 is 2.71 bits per heavy atom. The Kier molecular flexibility index (Phi) is 4.30. The van der Waals surface area contributed by atoms with Gasteiger partial charge in [0.2, 0.25) is 0 Å². The zero-order valence-corrected chi connectivity index (χ0v) is 11.0. The monoisotopic (exact) mass is 253 g/mol. The van der Waals surface area contributed by atoms with Crippen LogP contribution in [0.2, 0.25) is 5.02 Å². The van der Waals surface area contributed by atoms with Crippen molar-refractivity contribution in [2.45, 2.75) is 38.6 Å². The summed E-state index contributed by atoms with van der Waals surface area (Å²) in [7, 11) is 0. The fraction of sp³-hybridized carbons (Fsp3) is 0.571. The molecule has 0 radical (unpaired) electrons. The second-order valence-corrected chi connectivity index (χ2v) is 5.35. The fourth-order valence-corrected chi connectivity index (χ4v) is 2.55. The van der Waals surface area contributed by atoms with Gasteiger partial charge in [-0.05, 0) is 43.4 Å². The molecule has 0 heterocycles. The van der Waals surface area contributed by atoms with Gasteiger partial charge in [-0.25, -0.2) is 0 Å². The van der Waals surface area contributed by atoms with E-state index >= 15 is 0 Å². The van der Waals surface area contributed by atoms with Crippen LogP contribution in [0.5, 0.6) is 5.75 Å². The SMILES string of the molecule is C[C@@H](N)c1ccc(OCC2CCCC2)c(Cl)c1. The highest BCUT2D eigenvalue weighted by Gasteiger charge is 2.16. The number of halogens is 1. The van der Waals surface area contributed by atoms with Crippen molar-refractivity contribution in [3.8, 4) is 5.75 Å².